The van der Waals surface area contributed by atoms with Gasteiger partial charge in [0.15, 0.2) is 23.2 Å². The van der Waals surface area contributed by atoms with Gasteiger partial charge in [0.2, 0.25) is 0 Å². The molecule has 1 aromatic heterocycles. The van der Waals surface area contributed by atoms with Gasteiger partial charge in [0, 0.05) is 12.3 Å². The molecule has 2 rings (SSSR count). The van der Waals surface area contributed by atoms with E-state index in [0.29, 0.717) is 0 Å². The van der Waals surface area contributed by atoms with Crippen LogP contribution in [0.5, 0.6) is 11.5 Å². The summed E-state index contributed by atoms with van der Waals surface area (Å²) in [6.45, 7) is 11.6. The second kappa shape index (κ2) is 12.2. The number of pyridine rings is 1. The maximum absolute atomic E-state index is 12.6. The lowest BCUT2D eigenvalue weighted by atomic mass is 10.2. The summed E-state index contributed by atoms with van der Waals surface area (Å²) in [6, 6.07) is 0.274. The first kappa shape index (κ1) is 25.3. The van der Waals surface area contributed by atoms with Crippen molar-refractivity contribution in [2.75, 3.05) is 40.1 Å². The van der Waals surface area contributed by atoms with Gasteiger partial charge >= 0.3 is 5.97 Å². The zero-order valence-electron chi connectivity index (χ0n) is 18.6. The average Bonchev–Trinajstić information content (AvgIpc) is 2.81. The highest BCUT2D eigenvalue weighted by Gasteiger charge is 2.32. The summed E-state index contributed by atoms with van der Waals surface area (Å²) in [6.07, 6.45) is 0.171. The quantitative estimate of drug-likeness (QED) is 0.424. The van der Waals surface area contributed by atoms with Crippen molar-refractivity contribution >= 4 is 11.9 Å². The Kier molecular flexibility index (Phi) is 9.63. The number of amides is 1. The molecule has 32 heavy (non-hydrogen) atoms. The van der Waals surface area contributed by atoms with Gasteiger partial charge in [-0.3, -0.25) is 4.79 Å². The van der Waals surface area contributed by atoms with Crippen molar-refractivity contribution in [3.8, 4) is 11.5 Å². The predicted octanol–water partition coefficient (Wildman–Crippen LogP) is 1.39. The van der Waals surface area contributed by atoms with Crippen LogP contribution >= 0.6 is 0 Å². The predicted molar refractivity (Wildman–Crippen MR) is 115 cm³/mol. The molecule has 0 spiro atoms. The molecule has 0 saturated carbocycles. The number of esters is 1. The van der Waals surface area contributed by atoms with Crippen molar-refractivity contribution in [1.29, 1.82) is 0 Å². The molecule has 0 radical (unpaired) electrons. The molecule has 1 aromatic rings. The van der Waals surface area contributed by atoms with Crippen LogP contribution in [-0.4, -0.2) is 80.4 Å². The summed E-state index contributed by atoms with van der Waals surface area (Å²) in [5, 5.41) is 12.6. The molecule has 2 N–H and O–H groups in total. The van der Waals surface area contributed by atoms with Gasteiger partial charge in [-0.15, -0.1) is 0 Å². The number of hydrogen-bond donors (Lipinski definition) is 2. The number of carbonyl (C=O) groups excluding carboxylic acids is 2. The Hall–Kier alpha value is -2.95. The molecule has 0 aliphatic carbocycles. The van der Waals surface area contributed by atoms with Gasteiger partial charge in [0.05, 0.1) is 33.5 Å². The fourth-order valence-electron chi connectivity index (χ4n) is 2.75. The molecule has 1 amide bonds. The van der Waals surface area contributed by atoms with Gasteiger partial charge in [-0.05, 0) is 13.8 Å². The van der Waals surface area contributed by atoms with E-state index >= 15 is 0 Å². The first-order valence-corrected chi connectivity index (χ1v) is 10.0. The molecule has 3 atom stereocenters. The number of cyclic esters (lactones) is 1. The lowest BCUT2D eigenvalue weighted by Gasteiger charge is -2.26. The Balaban J connectivity index is 2.11. The summed E-state index contributed by atoms with van der Waals surface area (Å²) < 4.78 is 27.6. The molecular weight excluding hydrogens is 420 g/mol. The van der Waals surface area contributed by atoms with E-state index < -0.39 is 35.9 Å². The molecular formula is C22H30N2O8. The highest BCUT2D eigenvalue weighted by molar-refractivity contribution is 5.97. The molecule has 176 valence electrons. The third-order valence-corrected chi connectivity index (χ3v) is 4.37. The first-order chi connectivity index (χ1) is 15.2. The van der Waals surface area contributed by atoms with Crippen LogP contribution in [-0.2, 0) is 23.7 Å². The van der Waals surface area contributed by atoms with E-state index in [1.165, 1.54) is 19.4 Å². The fraction of sp³-hybridized carbons (Fsp3) is 0.500. The molecule has 10 nitrogen and oxygen atoms in total. The Bertz CT molecular complexity index is 841. The number of ether oxygens (including phenoxy) is 5. The van der Waals surface area contributed by atoms with Crippen molar-refractivity contribution in [3.63, 3.8) is 0 Å². The summed E-state index contributed by atoms with van der Waals surface area (Å²) in [4.78, 5) is 29.0. The number of aromatic hydroxyl groups is 1. The van der Waals surface area contributed by atoms with E-state index in [-0.39, 0.29) is 44.5 Å². The molecule has 0 unspecified atom stereocenters. The van der Waals surface area contributed by atoms with Crippen LogP contribution in [0.3, 0.4) is 0 Å². The Labute approximate surface area is 187 Å². The van der Waals surface area contributed by atoms with E-state index in [9.17, 15) is 14.7 Å². The summed E-state index contributed by atoms with van der Waals surface area (Å²) in [7, 11) is 1.35. The smallest absolute Gasteiger partial charge is 0.331 e. The van der Waals surface area contributed by atoms with Crippen LogP contribution in [0.25, 0.3) is 0 Å². The zero-order chi connectivity index (χ0) is 23.7. The topological polar surface area (TPSA) is 125 Å². The van der Waals surface area contributed by atoms with E-state index in [1.807, 2.05) is 13.8 Å². The maximum Gasteiger partial charge on any atom is 0.331 e. The number of hydrogen-bond acceptors (Lipinski definition) is 9. The number of rotatable bonds is 9. The van der Waals surface area contributed by atoms with Gasteiger partial charge in [0.1, 0.15) is 18.8 Å². The third-order valence-electron chi connectivity index (χ3n) is 4.37. The minimum atomic E-state index is -1.13. The van der Waals surface area contributed by atoms with Crippen molar-refractivity contribution < 1.29 is 38.4 Å². The van der Waals surface area contributed by atoms with Gasteiger partial charge in [-0.2, -0.15) is 0 Å². The highest BCUT2D eigenvalue weighted by atomic mass is 16.6. The van der Waals surface area contributed by atoms with E-state index in [2.05, 4.69) is 23.5 Å². The molecule has 0 bridgehead atoms. The van der Waals surface area contributed by atoms with Crippen LogP contribution in [0.1, 0.15) is 24.3 Å². The minimum Gasteiger partial charge on any atom is -0.503 e. The Morgan fingerprint density at radius 1 is 1.19 bits per heavy atom. The van der Waals surface area contributed by atoms with Crippen molar-refractivity contribution in [2.45, 2.75) is 32.1 Å². The van der Waals surface area contributed by atoms with Crippen LogP contribution in [0, 0.1) is 0 Å². The number of nitrogens with one attached hydrogen (secondary N) is 1. The monoisotopic (exact) mass is 450 g/mol. The maximum atomic E-state index is 12.6. The number of methoxy groups -OCH3 is 1. The van der Waals surface area contributed by atoms with Gasteiger partial charge in [-0.25, -0.2) is 9.78 Å². The third kappa shape index (κ3) is 7.33. The molecule has 1 aliphatic heterocycles. The van der Waals surface area contributed by atoms with Crippen molar-refractivity contribution in [2.24, 2.45) is 0 Å². The zero-order valence-corrected chi connectivity index (χ0v) is 18.6. The number of aromatic nitrogens is 1. The van der Waals surface area contributed by atoms with Crippen LogP contribution < -0.4 is 10.1 Å². The highest BCUT2D eigenvalue weighted by Crippen LogP contribution is 2.27. The second-order valence-corrected chi connectivity index (χ2v) is 7.52. The van der Waals surface area contributed by atoms with Gasteiger partial charge < -0.3 is 34.1 Å². The molecule has 10 heteroatoms. The van der Waals surface area contributed by atoms with Crippen molar-refractivity contribution in [1.82, 2.24) is 10.3 Å². The number of carbonyl (C=O) groups is 2. The molecule has 1 aliphatic rings. The largest absolute Gasteiger partial charge is 0.503 e. The van der Waals surface area contributed by atoms with Crippen molar-refractivity contribution in [3.05, 3.63) is 42.3 Å². The molecule has 1 saturated heterocycles. The van der Waals surface area contributed by atoms with Gasteiger partial charge in [-0.1, -0.05) is 24.3 Å². The molecule has 0 aromatic carbocycles. The summed E-state index contributed by atoms with van der Waals surface area (Å²) in [5.74, 6) is -1.86. The first-order valence-electron chi connectivity index (χ1n) is 10.0. The fourth-order valence-corrected chi connectivity index (χ4v) is 2.75. The Morgan fingerprint density at radius 2 is 1.81 bits per heavy atom. The summed E-state index contributed by atoms with van der Waals surface area (Å²) in [5.41, 5.74) is 1.32. The van der Waals surface area contributed by atoms with Crippen LogP contribution in [0.4, 0.5) is 0 Å². The normalized spacial score (nSPS) is 21.5. The number of nitrogens with zero attached hydrogens (tertiary/aromatic N) is 1. The second-order valence-electron chi connectivity index (χ2n) is 7.52. The lowest BCUT2D eigenvalue weighted by molar-refractivity contribution is -0.153. The Morgan fingerprint density at radius 3 is 2.41 bits per heavy atom. The van der Waals surface area contributed by atoms with E-state index in [1.54, 1.807) is 0 Å². The average molecular weight is 450 g/mol. The van der Waals surface area contributed by atoms with Crippen LogP contribution in [0.15, 0.2) is 36.6 Å². The molecule has 2 heterocycles. The lowest BCUT2D eigenvalue weighted by Crippen LogP contribution is -2.45. The van der Waals surface area contributed by atoms with E-state index in [4.69, 9.17) is 23.7 Å². The summed E-state index contributed by atoms with van der Waals surface area (Å²) >= 11 is 0. The minimum absolute atomic E-state index is 0.0773. The SMILES string of the molecule is C=C(C)CO[C@H]1COC[C@@H](NC(=O)c2nccc(OC)c2O)C(=O)OC[C@@H]1OCC(=C)C. The van der Waals surface area contributed by atoms with Crippen LogP contribution in [0.2, 0.25) is 0 Å². The van der Waals surface area contributed by atoms with Gasteiger partial charge in [0.25, 0.3) is 5.91 Å². The standard InChI is InChI=1S/C22H30N2O8/c1-13(2)8-30-17-11-29-10-15(22(27)32-12-18(17)31-9-14(3)4)24-21(26)19-20(25)16(28-5)6-7-23-19/h6-7,15,17-18,25H,1,3,8-12H2,2,4-5H3,(H,24,26)/t15-,17+,18+/m1/s1. The molecule has 1 fully saturated rings. The van der Waals surface area contributed by atoms with E-state index in [0.717, 1.165) is 11.1 Å².